The number of benzene rings is 1. The molecule has 0 spiro atoms. The number of nitrogens with zero attached hydrogens (tertiary/aromatic N) is 3. The van der Waals surface area contributed by atoms with Gasteiger partial charge in [-0.2, -0.15) is 5.10 Å². The molecule has 0 bridgehead atoms. The third-order valence-electron chi connectivity index (χ3n) is 5.57. The van der Waals surface area contributed by atoms with E-state index in [2.05, 4.69) is 59.5 Å². The van der Waals surface area contributed by atoms with Crippen LogP contribution in [0.4, 0.5) is 0 Å². The molecular weight excluding hydrogens is 336 g/mol. The first-order valence-electron chi connectivity index (χ1n) is 10.1. The van der Waals surface area contributed by atoms with Gasteiger partial charge in [-0.3, -0.25) is 14.4 Å². The van der Waals surface area contributed by atoms with Crippen LogP contribution in [0.1, 0.15) is 54.6 Å². The lowest BCUT2D eigenvalue weighted by Gasteiger charge is -2.32. The Hall–Kier alpha value is -2.14. The van der Waals surface area contributed by atoms with Crippen LogP contribution in [0, 0.1) is 13.8 Å². The van der Waals surface area contributed by atoms with Gasteiger partial charge in [0.1, 0.15) is 0 Å². The van der Waals surface area contributed by atoms with E-state index < -0.39 is 0 Å². The maximum atomic E-state index is 12.5. The predicted molar refractivity (Wildman–Crippen MR) is 109 cm³/mol. The van der Waals surface area contributed by atoms with E-state index >= 15 is 0 Å². The third kappa shape index (κ3) is 4.98. The molecule has 1 aromatic heterocycles. The van der Waals surface area contributed by atoms with Gasteiger partial charge in [0.25, 0.3) is 0 Å². The lowest BCUT2D eigenvalue weighted by Crippen LogP contribution is -2.41. The molecule has 1 fully saturated rings. The molecule has 1 saturated heterocycles. The first-order chi connectivity index (χ1) is 13.1. The fourth-order valence-electron chi connectivity index (χ4n) is 4.06. The van der Waals surface area contributed by atoms with E-state index in [1.165, 1.54) is 12.0 Å². The summed E-state index contributed by atoms with van der Waals surface area (Å²) in [6, 6.07) is 10.7. The van der Waals surface area contributed by atoms with Crippen LogP contribution in [0.3, 0.4) is 0 Å². The van der Waals surface area contributed by atoms with Crippen molar-refractivity contribution in [2.24, 2.45) is 0 Å². The molecule has 0 unspecified atom stereocenters. The number of hydrogen-bond acceptors (Lipinski definition) is 3. The molecule has 0 saturated carbocycles. The summed E-state index contributed by atoms with van der Waals surface area (Å²) in [6.07, 6.45) is 3.41. The highest BCUT2D eigenvalue weighted by Crippen LogP contribution is 2.26. The second kappa shape index (κ2) is 9.18. The number of rotatable bonds is 7. The minimum atomic E-state index is 0.103. The van der Waals surface area contributed by atoms with Gasteiger partial charge in [0.2, 0.25) is 5.91 Å². The SMILES string of the molecule is CCCn1nc(C)c(CNC(=O)CN2CCC[C@H](c3ccccc3)C2)c1C. The van der Waals surface area contributed by atoms with Gasteiger partial charge < -0.3 is 5.32 Å². The number of piperidine rings is 1. The van der Waals surface area contributed by atoms with Gasteiger partial charge >= 0.3 is 0 Å². The summed E-state index contributed by atoms with van der Waals surface area (Å²) in [7, 11) is 0. The molecule has 0 aliphatic carbocycles. The molecule has 27 heavy (non-hydrogen) atoms. The molecule has 1 N–H and O–H groups in total. The van der Waals surface area contributed by atoms with Crippen molar-refractivity contribution in [3.63, 3.8) is 0 Å². The van der Waals surface area contributed by atoms with Gasteiger partial charge in [-0.05, 0) is 51.1 Å². The fraction of sp³-hybridized carbons (Fsp3) is 0.545. The van der Waals surface area contributed by atoms with Gasteiger partial charge in [0.15, 0.2) is 0 Å². The largest absolute Gasteiger partial charge is 0.351 e. The summed E-state index contributed by atoms with van der Waals surface area (Å²) in [5.41, 5.74) is 4.72. The van der Waals surface area contributed by atoms with Crippen LogP contribution < -0.4 is 5.32 Å². The average Bonchev–Trinajstić information content (AvgIpc) is 2.94. The van der Waals surface area contributed by atoms with E-state index in [4.69, 9.17) is 0 Å². The second-order valence-corrected chi connectivity index (χ2v) is 7.63. The Morgan fingerprint density at radius 3 is 2.78 bits per heavy atom. The monoisotopic (exact) mass is 368 g/mol. The summed E-state index contributed by atoms with van der Waals surface area (Å²) in [5, 5.41) is 7.70. The third-order valence-corrected chi connectivity index (χ3v) is 5.57. The molecule has 5 nitrogen and oxygen atoms in total. The van der Waals surface area contributed by atoms with Crippen LogP contribution in [0.25, 0.3) is 0 Å². The maximum Gasteiger partial charge on any atom is 0.234 e. The summed E-state index contributed by atoms with van der Waals surface area (Å²) < 4.78 is 2.05. The Labute approximate surface area is 162 Å². The second-order valence-electron chi connectivity index (χ2n) is 7.63. The molecule has 2 aromatic rings. The highest BCUT2D eigenvalue weighted by atomic mass is 16.2. The van der Waals surface area contributed by atoms with Crippen molar-refractivity contribution in [2.75, 3.05) is 19.6 Å². The van der Waals surface area contributed by atoms with Crippen molar-refractivity contribution in [3.8, 4) is 0 Å². The van der Waals surface area contributed by atoms with Crippen molar-refractivity contribution in [1.82, 2.24) is 20.0 Å². The highest BCUT2D eigenvalue weighted by Gasteiger charge is 2.23. The Morgan fingerprint density at radius 1 is 1.26 bits per heavy atom. The number of carbonyl (C=O) groups is 1. The van der Waals surface area contributed by atoms with E-state index in [0.29, 0.717) is 19.0 Å². The summed E-state index contributed by atoms with van der Waals surface area (Å²) in [6.45, 7) is 10.2. The van der Waals surface area contributed by atoms with E-state index in [1.807, 2.05) is 11.6 Å². The molecule has 1 aromatic carbocycles. The van der Waals surface area contributed by atoms with Crippen molar-refractivity contribution in [2.45, 2.75) is 59.0 Å². The van der Waals surface area contributed by atoms with Crippen LogP contribution in [-0.4, -0.2) is 40.2 Å². The quantitative estimate of drug-likeness (QED) is 0.815. The molecule has 1 aliphatic rings. The zero-order chi connectivity index (χ0) is 19.2. The minimum absolute atomic E-state index is 0.103. The van der Waals surface area contributed by atoms with Crippen LogP contribution in [0.15, 0.2) is 30.3 Å². The maximum absolute atomic E-state index is 12.5. The lowest BCUT2D eigenvalue weighted by molar-refractivity contribution is -0.122. The lowest BCUT2D eigenvalue weighted by atomic mass is 9.91. The standard InChI is InChI=1S/C22H32N4O/c1-4-12-26-18(3)21(17(2)24-26)14-23-22(27)16-25-13-8-11-20(15-25)19-9-6-5-7-10-19/h5-7,9-10,20H,4,8,11-16H2,1-3H3,(H,23,27)/t20-/m0/s1. The van der Waals surface area contributed by atoms with Crippen molar-refractivity contribution >= 4 is 5.91 Å². The minimum Gasteiger partial charge on any atom is -0.351 e. The predicted octanol–water partition coefficient (Wildman–Crippen LogP) is 3.41. The van der Waals surface area contributed by atoms with Crippen molar-refractivity contribution in [1.29, 1.82) is 0 Å². The average molecular weight is 369 g/mol. The molecule has 1 amide bonds. The van der Waals surface area contributed by atoms with Crippen LogP contribution in [-0.2, 0) is 17.9 Å². The molecule has 2 heterocycles. The number of amides is 1. The van der Waals surface area contributed by atoms with E-state index in [1.54, 1.807) is 0 Å². The van der Waals surface area contributed by atoms with Gasteiger partial charge in [-0.15, -0.1) is 0 Å². The molecule has 0 radical (unpaired) electrons. The zero-order valence-corrected chi connectivity index (χ0v) is 16.9. The molecule has 3 rings (SSSR count). The van der Waals surface area contributed by atoms with Crippen LogP contribution in [0.5, 0.6) is 0 Å². The number of aryl methyl sites for hydroxylation is 2. The smallest absolute Gasteiger partial charge is 0.234 e. The summed E-state index contributed by atoms with van der Waals surface area (Å²) in [5.74, 6) is 0.635. The topological polar surface area (TPSA) is 50.2 Å². The number of carbonyl (C=O) groups excluding carboxylic acids is 1. The zero-order valence-electron chi connectivity index (χ0n) is 16.9. The normalized spacial score (nSPS) is 17.8. The molecule has 5 heteroatoms. The van der Waals surface area contributed by atoms with E-state index in [0.717, 1.165) is 49.4 Å². The van der Waals surface area contributed by atoms with Gasteiger partial charge in [0, 0.05) is 30.9 Å². The Balaban J connectivity index is 1.52. The highest BCUT2D eigenvalue weighted by molar-refractivity contribution is 5.78. The number of hydrogen-bond donors (Lipinski definition) is 1. The van der Waals surface area contributed by atoms with Gasteiger partial charge in [-0.25, -0.2) is 0 Å². The van der Waals surface area contributed by atoms with Gasteiger partial charge in [0.05, 0.1) is 12.2 Å². The van der Waals surface area contributed by atoms with Crippen molar-refractivity contribution < 1.29 is 4.79 Å². The van der Waals surface area contributed by atoms with Gasteiger partial charge in [-0.1, -0.05) is 37.3 Å². The first kappa shape index (κ1) is 19.6. The van der Waals surface area contributed by atoms with Crippen LogP contribution >= 0.6 is 0 Å². The fourth-order valence-corrected chi connectivity index (χ4v) is 4.06. The molecule has 1 aliphatic heterocycles. The Kier molecular flexibility index (Phi) is 6.67. The summed E-state index contributed by atoms with van der Waals surface area (Å²) in [4.78, 5) is 14.8. The molecular formula is C22H32N4O. The Morgan fingerprint density at radius 2 is 2.04 bits per heavy atom. The number of aromatic nitrogens is 2. The first-order valence-corrected chi connectivity index (χ1v) is 10.1. The number of nitrogens with one attached hydrogen (secondary N) is 1. The summed E-state index contributed by atoms with van der Waals surface area (Å²) >= 11 is 0. The molecule has 146 valence electrons. The van der Waals surface area contributed by atoms with Crippen LogP contribution in [0.2, 0.25) is 0 Å². The van der Waals surface area contributed by atoms with E-state index in [9.17, 15) is 4.79 Å². The molecule has 1 atom stereocenters. The van der Waals surface area contributed by atoms with Crippen molar-refractivity contribution in [3.05, 3.63) is 52.8 Å². The number of likely N-dealkylation sites (tertiary alicyclic amines) is 1. The Bertz CT molecular complexity index is 753. The van der Waals surface area contributed by atoms with E-state index in [-0.39, 0.29) is 5.91 Å².